The van der Waals surface area contributed by atoms with Gasteiger partial charge in [-0.2, -0.15) is 0 Å². The summed E-state index contributed by atoms with van der Waals surface area (Å²) in [5.41, 5.74) is 1.99. The van der Waals surface area contributed by atoms with E-state index in [-0.39, 0.29) is 11.8 Å². The van der Waals surface area contributed by atoms with Crippen molar-refractivity contribution >= 4 is 11.8 Å². The van der Waals surface area contributed by atoms with Gasteiger partial charge in [-0.05, 0) is 56.9 Å². The fraction of sp³-hybridized carbons (Fsp3) is 0.462. The maximum atomic E-state index is 13.2. The van der Waals surface area contributed by atoms with Gasteiger partial charge >= 0.3 is 0 Å². The van der Waals surface area contributed by atoms with Crippen LogP contribution in [0.5, 0.6) is 11.5 Å². The minimum absolute atomic E-state index is 0.0557. The highest BCUT2D eigenvalue weighted by Crippen LogP contribution is 2.29. The highest BCUT2D eigenvalue weighted by atomic mass is 16.5. The molecule has 32 heavy (non-hydrogen) atoms. The molecule has 0 spiro atoms. The number of benzene rings is 2. The Labute approximate surface area is 191 Å². The molecule has 174 valence electrons. The van der Waals surface area contributed by atoms with E-state index in [1.54, 1.807) is 11.8 Å². The summed E-state index contributed by atoms with van der Waals surface area (Å²) in [6.45, 7) is 9.75. The van der Waals surface area contributed by atoms with Crippen LogP contribution < -0.4 is 14.8 Å². The van der Waals surface area contributed by atoms with Crippen molar-refractivity contribution in [1.29, 1.82) is 0 Å². The van der Waals surface area contributed by atoms with Crippen molar-refractivity contribution in [3.63, 3.8) is 0 Å². The second-order valence-electron chi connectivity index (χ2n) is 7.62. The normalized spacial score (nSPS) is 11.5. The van der Waals surface area contributed by atoms with Crippen LogP contribution in [0.15, 0.2) is 48.5 Å². The van der Waals surface area contributed by atoms with Gasteiger partial charge in [0.1, 0.15) is 6.04 Å². The number of amides is 2. The summed E-state index contributed by atoms with van der Waals surface area (Å²) >= 11 is 0. The number of carbonyl (C=O) groups is 2. The first kappa shape index (κ1) is 25.2. The van der Waals surface area contributed by atoms with Crippen LogP contribution in [-0.4, -0.2) is 42.5 Å². The highest BCUT2D eigenvalue weighted by molar-refractivity contribution is 5.87. The molecule has 6 heteroatoms. The Morgan fingerprint density at radius 2 is 1.62 bits per heavy atom. The Balaban J connectivity index is 2.13. The Morgan fingerprint density at radius 3 is 2.28 bits per heavy atom. The third-order valence-electron chi connectivity index (χ3n) is 5.15. The molecular formula is C26H36N2O4. The number of carbonyl (C=O) groups excluding carboxylic acids is 2. The van der Waals surface area contributed by atoms with Gasteiger partial charge < -0.3 is 19.7 Å². The number of ether oxygens (including phenoxy) is 2. The van der Waals surface area contributed by atoms with Gasteiger partial charge in [-0.3, -0.25) is 9.59 Å². The Kier molecular flexibility index (Phi) is 10.6. The van der Waals surface area contributed by atoms with E-state index in [2.05, 4.69) is 5.32 Å². The highest BCUT2D eigenvalue weighted by Gasteiger charge is 2.25. The van der Waals surface area contributed by atoms with E-state index >= 15 is 0 Å². The van der Waals surface area contributed by atoms with Gasteiger partial charge in [0.2, 0.25) is 11.8 Å². The number of rotatable bonds is 13. The van der Waals surface area contributed by atoms with Crippen LogP contribution in [0, 0.1) is 0 Å². The molecule has 0 fully saturated rings. The lowest BCUT2D eigenvalue weighted by atomic mass is 10.1. The van der Waals surface area contributed by atoms with Gasteiger partial charge in [0.05, 0.1) is 13.2 Å². The van der Waals surface area contributed by atoms with E-state index in [0.29, 0.717) is 50.6 Å². The average molecular weight is 441 g/mol. The van der Waals surface area contributed by atoms with Crippen LogP contribution in [0.3, 0.4) is 0 Å². The summed E-state index contributed by atoms with van der Waals surface area (Å²) in [4.78, 5) is 27.5. The summed E-state index contributed by atoms with van der Waals surface area (Å²) in [5.74, 6) is 1.21. The molecule has 2 aromatic rings. The molecule has 0 aliphatic carbocycles. The molecule has 1 N–H and O–H groups in total. The summed E-state index contributed by atoms with van der Waals surface area (Å²) < 4.78 is 11.3. The fourth-order valence-corrected chi connectivity index (χ4v) is 3.40. The summed E-state index contributed by atoms with van der Waals surface area (Å²) in [7, 11) is 0. The summed E-state index contributed by atoms with van der Waals surface area (Å²) in [6.07, 6.45) is 1.71. The summed E-state index contributed by atoms with van der Waals surface area (Å²) in [5, 5.41) is 2.90. The quantitative estimate of drug-likeness (QED) is 0.503. The largest absolute Gasteiger partial charge is 0.490 e. The molecule has 0 aromatic heterocycles. The van der Waals surface area contributed by atoms with Crippen molar-refractivity contribution in [3.8, 4) is 11.5 Å². The molecule has 1 unspecified atom stereocenters. The molecule has 1 atom stereocenters. The SMILES string of the molecule is CCCNC(=O)C(C)N(Cc1ccccc1)C(=O)CCc1ccc(OCC)c(OCC)c1. The van der Waals surface area contributed by atoms with Crippen LogP contribution in [-0.2, 0) is 22.6 Å². The minimum Gasteiger partial charge on any atom is -0.490 e. The standard InChI is InChI=1S/C26H36N2O4/c1-5-17-27-26(30)20(4)28(19-22-11-9-8-10-12-22)25(29)16-14-21-13-15-23(31-6-2)24(18-21)32-7-3/h8-13,15,18,20H,5-7,14,16-17,19H2,1-4H3,(H,27,30). The topological polar surface area (TPSA) is 67.9 Å². The molecule has 2 rings (SSSR count). The Bertz CT molecular complexity index is 854. The molecule has 0 heterocycles. The van der Waals surface area contributed by atoms with E-state index in [1.807, 2.05) is 69.3 Å². The van der Waals surface area contributed by atoms with Crippen LogP contribution in [0.2, 0.25) is 0 Å². The molecule has 0 saturated carbocycles. The van der Waals surface area contributed by atoms with E-state index in [0.717, 1.165) is 17.5 Å². The Hall–Kier alpha value is -3.02. The second kappa shape index (κ2) is 13.4. The molecule has 0 bridgehead atoms. The lowest BCUT2D eigenvalue weighted by Gasteiger charge is -2.29. The van der Waals surface area contributed by atoms with Crippen LogP contribution in [0.1, 0.15) is 51.7 Å². The molecule has 6 nitrogen and oxygen atoms in total. The van der Waals surface area contributed by atoms with Crippen LogP contribution >= 0.6 is 0 Å². The fourth-order valence-electron chi connectivity index (χ4n) is 3.40. The zero-order valence-electron chi connectivity index (χ0n) is 19.7. The van der Waals surface area contributed by atoms with E-state index in [9.17, 15) is 9.59 Å². The number of nitrogens with zero attached hydrogens (tertiary/aromatic N) is 1. The lowest BCUT2D eigenvalue weighted by molar-refractivity contribution is -0.140. The monoisotopic (exact) mass is 440 g/mol. The number of hydrogen-bond acceptors (Lipinski definition) is 4. The maximum Gasteiger partial charge on any atom is 0.242 e. The maximum absolute atomic E-state index is 13.2. The van der Waals surface area contributed by atoms with Crippen molar-refractivity contribution in [3.05, 3.63) is 59.7 Å². The van der Waals surface area contributed by atoms with Gasteiger partial charge in [-0.1, -0.05) is 43.3 Å². The van der Waals surface area contributed by atoms with Gasteiger partial charge in [-0.25, -0.2) is 0 Å². The number of hydrogen-bond donors (Lipinski definition) is 1. The lowest BCUT2D eigenvalue weighted by Crippen LogP contribution is -2.47. The predicted octanol–water partition coefficient (Wildman–Crippen LogP) is 4.36. The minimum atomic E-state index is -0.548. The van der Waals surface area contributed by atoms with E-state index in [4.69, 9.17) is 9.47 Å². The van der Waals surface area contributed by atoms with Crippen LogP contribution in [0.25, 0.3) is 0 Å². The van der Waals surface area contributed by atoms with Gasteiger partial charge in [0.25, 0.3) is 0 Å². The molecule has 0 aliphatic heterocycles. The zero-order chi connectivity index (χ0) is 23.3. The number of nitrogens with one attached hydrogen (secondary N) is 1. The third kappa shape index (κ3) is 7.59. The first-order valence-corrected chi connectivity index (χ1v) is 11.5. The Morgan fingerprint density at radius 1 is 0.938 bits per heavy atom. The predicted molar refractivity (Wildman–Crippen MR) is 127 cm³/mol. The smallest absolute Gasteiger partial charge is 0.242 e. The van der Waals surface area contributed by atoms with E-state index in [1.165, 1.54) is 0 Å². The zero-order valence-corrected chi connectivity index (χ0v) is 19.7. The average Bonchev–Trinajstić information content (AvgIpc) is 2.81. The van der Waals surface area contributed by atoms with Crippen molar-refractivity contribution in [2.75, 3.05) is 19.8 Å². The van der Waals surface area contributed by atoms with E-state index < -0.39 is 6.04 Å². The van der Waals surface area contributed by atoms with Gasteiger partial charge in [0, 0.05) is 19.5 Å². The summed E-state index contributed by atoms with van der Waals surface area (Å²) in [6, 6.07) is 15.0. The molecule has 2 amide bonds. The molecule has 0 aliphatic rings. The number of aryl methyl sites for hydroxylation is 1. The first-order chi connectivity index (χ1) is 15.5. The third-order valence-corrected chi connectivity index (χ3v) is 5.15. The van der Waals surface area contributed by atoms with Gasteiger partial charge in [0.15, 0.2) is 11.5 Å². The second-order valence-corrected chi connectivity index (χ2v) is 7.62. The van der Waals surface area contributed by atoms with Gasteiger partial charge in [-0.15, -0.1) is 0 Å². The van der Waals surface area contributed by atoms with Crippen molar-refractivity contribution in [1.82, 2.24) is 10.2 Å². The van der Waals surface area contributed by atoms with Crippen LogP contribution in [0.4, 0.5) is 0 Å². The molecule has 2 aromatic carbocycles. The first-order valence-electron chi connectivity index (χ1n) is 11.5. The van der Waals surface area contributed by atoms with Crippen molar-refractivity contribution in [2.45, 2.75) is 59.5 Å². The molecule has 0 radical (unpaired) electrons. The molecule has 0 saturated heterocycles. The molecular weight excluding hydrogens is 404 g/mol. The van der Waals surface area contributed by atoms with Crippen molar-refractivity contribution < 1.29 is 19.1 Å². The van der Waals surface area contributed by atoms with Crippen molar-refractivity contribution in [2.24, 2.45) is 0 Å².